The number of ether oxygens (including phenoxy) is 1. The van der Waals surface area contributed by atoms with E-state index in [4.69, 9.17) is 4.52 Å². The third-order valence-electron chi connectivity index (χ3n) is 4.55. The number of fused-ring (bicyclic) bond motifs is 1. The van der Waals surface area contributed by atoms with E-state index in [-0.39, 0.29) is 25.2 Å². The minimum Gasteiger partial charge on any atom is -0.414 e. The van der Waals surface area contributed by atoms with E-state index in [9.17, 15) is 31.5 Å². The van der Waals surface area contributed by atoms with Crippen molar-refractivity contribution in [3.8, 4) is 11.7 Å². The van der Waals surface area contributed by atoms with Crippen LogP contribution in [0.2, 0.25) is 0 Å². The summed E-state index contributed by atoms with van der Waals surface area (Å²) in [5.74, 6) is -6.19. The molecule has 0 unspecified atom stereocenters. The summed E-state index contributed by atoms with van der Waals surface area (Å²) >= 11 is 0. The van der Waals surface area contributed by atoms with Gasteiger partial charge in [0.1, 0.15) is 5.52 Å². The fourth-order valence-electron chi connectivity index (χ4n) is 3.01. The van der Waals surface area contributed by atoms with Gasteiger partial charge in [0.25, 0.3) is 11.8 Å². The van der Waals surface area contributed by atoms with Crippen LogP contribution in [0.25, 0.3) is 17.0 Å². The van der Waals surface area contributed by atoms with Gasteiger partial charge in [-0.2, -0.15) is 18.2 Å². The number of nitrogens with one attached hydrogen (secondary N) is 1. The van der Waals surface area contributed by atoms with E-state index < -0.39 is 52.4 Å². The highest BCUT2D eigenvalue weighted by Crippen LogP contribution is 2.33. The van der Waals surface area contributed by atoms with Crippen molar-refractivity contribution in [1.29, 1.82) is 0 Å². The minimum atomic E-state index is -5.41. The predicted octanol–water partition coefficient (Wildman–Crippen LogP) is 1.57. The van der Waals surface area contributed by atoms with E-state index in [0.717, 1.165) is 16.7 Å². The van der Waals surface area contributed by atoms with Crippen LogP contribution in [0, 0.1) is 5.82 Å². The Morgan fingerprint density at radius 2 is 2.07 bits per heavy atom. The SMILES string of the molecule is CCn1c(=O)n(-c2noc(C3(F)CNC3)n2)c2c(OC(=O)C(F)(F)F)c(F)ccc21. The van der Waals surface area contributed by atoms with Crippen molar-refractivity contribution >= 4 is 17.0 Å². The molecule has 1 aliphatic rings. The molecule has 160 valence electrons. The summed E-state index contributed by atoms with van der Waals surface area (Å²) in [5, 5.41) is 6.17. The number of nitrogens with zero attached hydrogens (tertiary/aromatic N) is 4. The summed E-state index contributed by atoms with van der Waals surface area (Å²) in [6.07, 6.45) is -5.41. The van der Waals surface area contributed by atoms with E-state index in [1.807, 2.05) is 0 Å². The largest absolute Gasteiger partial charge is 0.491 e. The quantitative estimate of drug-likeness (QED) is 0.378. The zero-order chi connectivity index (χ0) is 21.8. The molecule has 0 atom stereocenters. The molecule has 2 aromatic heterocycles. The van der Waals surface area contributed by atoms with Crippen molar-refractivity contribution in [3.05, 3.63) is 34.3 Å². The fraction of sp³-hybridized carbons (Fsp3) is 0.375. The van der Waals surface area contributed by atoms with Crippen LogP contribution in [0.3, 0.4) is 0 Å². The number of aryl methyl sites for hydroxylation is 1. The van der Waals surface area contributed by atoms with Crippen LogP contribution in [-0.4, -0.2) is 44.5 Å². The van der Waals surface area contributed by atoms with Gasteiger partial charge in [-0.1, -0.05) is 0 Å². The Hall–Kier alpha value is -3.29. The van der Waals surface area contributed by atoms with Crippen molar-refractivity contribution in [2.24, 2.45) is 0 Å². The molecule has 1 fully saturated rings. The molecule has 30 heavy (non-hydrogen) atoms. The maximum atomic E-state index is 14.5. The zero-order valence-corrected chi connectivity index (χ0v) is 15.1. The molecule has 0 saturated carbocycles. The second-order valence-corrected chi connectivity index (χ2v) is 6.46. The van der Waals surface area contributed by atoms with Crippen molar-refractivity contribution in [3.63, 3.8) is 0 Å². The molecule has 3 aromatic rings. The van der Waals surface area contributed by atoms with Gasteiger partial charge in [-0.05, 0) is 24.2 Å². The third-order valence-corrected chi connectivity index (χ3v) is 4.55. The van der Waals surface area contributed by atoms with E-state index in [2.05, 4.69) is 20.2 Å². The zero-order valence-electron chi connectivity index (χ0n) is 15.1. The lowest BCUT2D eigenvalue weighted by Crippen LogP contribution is -2.53. The number of carbonyl (C=O) groups is 1. The number of hydrogen-bond donors (Lipinski definition) is 1. The van der Waals surface area contributed by atoms with Crippen LogP contribution < -0.4 is 15.7 Å². The molecule has 0 spiro atoms. The summed E-state index contributed by atoms with van der Waals surface area (Å²) in [5.41, 5.74) is -3.45. The molecular weight excluding hydrogens is 421 g/mol. The molecule has 0 bridgehead atoms. The van der Waals surface area contributed by atoms with Crippen molar-refractivity contribution in [2.45, 2.75) is 25.3 Å². The van der Waals surface area contributed by atoms with Gasteiger partial charge in [-0.15, -0.1) is 0 Å². The highest BCUT2D eigenvalue weighted by Gasteiger charge is 2.45. The smallest absolute Gasteiger partial charge is 0.414 e. The van der Waals surface area contributed by atoms with Crippen molar-refractivity contribution < 1.29 is 36.0 Å². The normalized spacial score (nSPS) is 15.9. The second kappa shape index (κ2) is 6.62. The summed E-state index contributed by atoms with van der Waals surface area (Å²) in [6, 6.07) is 1.86. The molecule has 14 heteroatoms. The second-order valence-electron chi connectivity index (χ2n) is 6.46. The monoisotopic (exact) mass is 433 g/mol. The average Bonchev–Trinajstić information content (AvgIpc) is 3.23. The highest BCUT2D eigenvalue weighted by molar-refractivity contribution is 5.88. The van der Waals surface area contributed by atoms with Crippen LogP contribution in [0.1, 0.15) is 12.8 Å². The Labute approximate surface area is 163 Å². The average molecular weight is 433 g/mol. The lowest BCUT2D eigenvalue weighted by Gasteiger charge is -2.30. The number of hydrogen-bond acceptors (Lipinski definition) is 7. The van der Waals surface area contributed by atoms with E-state index in [1.165, 1.54) is 0 Å². The highest BCUT2D eigenvalue weighted by atomic mass is 19.4. The first-order chi connectivity index (χ1) is 14.1. The predicted molar refractivity (Wildman–Crippen MR) is 88.4 cm³/mol. The first kappa shape index (κ1) is 20.0. The van der Waals surface area contributed by atoms with Gasteiger partial charge in [0.05, 0.1) is 5.52 Å². The maximum Gasteiger partial charge on any atom is 0.491 e. The molecule has 0 radical (unpaired) electrons. The van der Waals surface area contributed by atoms with Gasteiger partial charge < -0.3 is 14.6 Å². The van der Waals surface area contributed by atoms with Crippen LogP contribution in [0.15, 0.2) is 21.5 Å². The standard InChI is InChI=1S/C16H12F5N5O4/c1-2-25-8-4-3-7(17)10(29-12(27)16(19,20)21)9(8)26(14(25)28)13-23-11(30-24-13)15(18)5-22-6-15/h3-4,22H,2,5-6H2,1H3. The molecule has 1 saturated heterocycles. The summed E-state index contributed by atoms with van der Waals surface area (Å²) in [7, 11) is 0. The molecule has 9 nitrogen and oxygen atoms in total. The summed E-state index contributed by atoms with van der Waals surface area (Å²) in [4.78, 5) is 27.9. The Balaban J connectivity index is 1.95. The van der Waals surface area contributed by atoms with Gasteiger partial charge in [0, 0.05) is 19.6 Å². The molecule has 1 aromatic carbocycles. The van der Waals surface area contributed by atoms with Crippen LogP contribution in [0.5, 0.6) is 5.75 Å². The van der Waals surface area contributed by atoms with Gasteiger partial charge >= 0.3 is 17.8 Å². The van der Waals surface area contributed by atoms with E-state index in [0.29, 0.717) is 4.57 Å². The van der Waals surface area contributed by atoms with Crippen LogP contribution in [-0.2, 0) is 17.0 Å². The Kier molecular flexibility index (Phi) is 4.41. The van der Waals surface area contributed by atoms with Gasteiger partial charge in [0.2, 0.25) is 5.67 Å². The molecule has 3 heterocycles. The summed E-state index contributed by atoms with van der Waals surface area (Å²) in [6.45, 7) is 1.34. The maximum absolute atomic E-state index is 14.5. The van der Waals surface area contributed by atoms with E-state index >= 15 is 0 Å². The molecule has 1 N–H and O–H groups in total. The first-order valence-corrected chi connectivity index (χ1v) is 8.54. The molecule has 4 rings (SSSR count). The number of esters is 1. The number of rotatable bonds is 4. The molecule has 0 amide bonds. The number of aromatic nitrogens is 4. The number of imidazole rings is 1. The van der Waals surface area contributed by atoms with Crippen molar-refractivity contribution in [1.82, 2.24) is 24.6 Å². The molecule has 1 aliphatic heterocycles. The number of alkyl halides is 4. The number of halogens is 5. The van der Waals surface area contributed by atoms with Gasteiger partial charge in [-0.3, -0.25) is 4.57 Å². The topological polar surface area (TPSA) is 104 Å². The van der Waals surface area contributed by atoms with Crippen molar-refractivity contribution in [2.75, 3.05) is 13.1 Å². The van der Waals surface area contributed by atoms with Crippen LogP contribution >= 0.6 is 0 Å². The molecular formula is C16H12F5N5O4. The minimum absolute atomic E-state index is 0.0301. The van der Waals surface area contributed by atoms with E-state index in [1.54, 1.807) is 6.92 Å². The van der Waals surface area contributed by atoms with Gasteiger partial charge in [-0.25, -0.2) is 22.9 Å². The fourth-order valence-corrected chi connectivity index (χ4v) is 3.01. The summed E-state index contributed by atoms with van der Waals surface area (Å²) < 4.78 is 77.6. The lowest BCUT2D eigenvalue weighted by atomic mass is 10.00. The Bertz CT molecular complexity index is 1210. The van der Waals surface area contributed by atoms with Crippen LogP contribution in [0.4, 0.5) is 22.0 Å². The van der Waals surface area contributed by atoms with Gasteiger partial charge in [0.15, 0.2) is 11.6 Å². The lowest BCUT2D eigenvalue weighted by molar-refractivity contribution is -0.189. The number of carbonyl (C=O) groups excluding carboxylic acids is 1. The third kappa shape index (κ3) is 2.94. The number of benzene rings is 1. The first-order valence-electron chi connectivity index (χ1n) is 8.54. The Morgan fingerprint density at radius 3 is 2.63 bits per heavy atom. The molecule has 0 aliphatic carbocycles. The Morgan fingerprint density at radius 1 is 1.37 bits per heavy atom.